The molecule has 128 valence electrons. The molecule has 0 fully saturated rings. The Balaban J connectivity index is 2.44. The Morgan fingerprint density at radius 1 is 1.26 bits per heavy atom. The minimum absolute atomic E-state index is 0.0874. The van der Waals surface area contributed by atoms with Crippen LogP contribution in [0.2, 0.25) is 0 Å². The average molecular weight is 317 g/mol. The monoisotopic (exact) mass is 317 g/mol. The predicted octanol–water partition coefficient (Wildman–Crippen LogP) is 4.22. The van der Waals surface area contributed by atoms with E-state index in [1.165, 1.54) is 24.8 Å². The lowest BCUT2D eigenvalue weighted by molar-refractivity contribution is 0.247. The Bertz CT molecular complexity index is 456. The van der Waals surface area contributed by atoms with Gasteiger partial charge in [-0.1, -0.05) is 38.0 Å². The lowest BCUT2D eigenvalue weighted by Gasteiger charge is -2.17. The van der Waals surface area contributed by atoms with Crippen LogP contribution in [0.4, 0.5) is 10.5 Å². The highest BCUT2D eigenvalue weighted by molar-refractivity contribution is 5.89. The van der Waals surface area contributed by atoms with Crippen LogP contribution >= 0.6 is 0 Å². The normalized spacial score (nSPS) is 11.7. The van der Waals surface area contributed by atoms with Crippen LogP contribution in [-0.4, -0.2) is 18.6 Å². The van der Waals surface area contributed by atoms with Crippen LogP contribution in [0.3, 0.4) is 0 Å². The van der Waals surface area contributed by atoms with Gasteiger partial charge in [0.15, 0.2) is 0 Å². The molecule has 0 heterocycles. The van der Waals surface area contributed by atoms with Gasteiger partial charge in [0, 0.05) is 11.7 Å². The van der Waals surface area contributed by atoms with E-state index in [0.29, 0.717) is 6.54 Å². The van der Waals surface area contributed by atoms with E-state index in [-0.39, 0.29) is 12.1 Å². The van der Waals surface area contributed by atoms with Crippen molar-refractivity contribution in [3.63, 3.8) is 0 Å². The van der Waals surface area contributed by atoms with Gasteiger partial charge in [0.2, 0.25) is 0 Å². The van der Waals surface area contributed by atoms with Gasteiger partial charge >= 0.3 is 6.03 Å². The molecule has 0 spiro atoms. The Morgan fingerprint density at radius 2 is 2.00 bits per heavy atom. The number of hydrogen-bond acceptors (Lipinski definition) is 2. The first-order valence-corrected chi connectivity index (χ1v) is 8.67. The molecular formula is C19H31N3O. The molecule has 1 atom stereocenters. The molecule has 0 aliphatic carbocycles. The molecule has 4 nitrogen and oxygen atoms in total. The molecule has 0 saturated carbocycles. The summed E-state index contributed by atoms with van der Waals surface area (Å²) in [5.74, 6) is 0. The zero-order valence-corrected chi connectivity index (χ0v) is 14.3. The Kier molecular flexibility index (Phi) is 9.80. The molecule has 0 aromatic heterocycles. The van der Waals surface area contributed by atoms with Crippen LogP contribution in [0, 0.1) is 0 Å². The Hall–Kier alpha value is -1.81. The maximum Gasteiger partial charge on any atom is 0.319 e. The summed E-state index contributed by atoms with van der Waals surface area (Å²) >= 11 is 0. The summed E-state index contributed by atoms with van der Waals surface area (Å²) in [6.45, 7) is 6.58. The number of carbonyl (C=O) groups is 1. The topological polar surface area (TPSA) is 67.1 Å². The van der Waals surface area contributed by atoms with E-state index in [0.717, 1.165) is 31.4 Å². The number of nitrogens with one attached hydrogen (secondary N) is 2. The fourth-order valence-corrected chi connectivity index (χ4v) is 2.50. The number of hydrogen-bond donors (Lipinski definition) is 3. The number of anilines is 1. The van der Waals surface area contributed by atoms with E-state index in [1.54, 1.807) is 0 Å². The van der Waals surface area contributed by atoms with E-state index in [2.05, 4.69) is 36.3 Å². The third kappa shape index (κ3) is 8.41. The maximum absolute atomic E-state index is 12.1. The van der Waals surface area contributed by atoms with Gasteiger partial charge < -0.3 is 16.4 Å². The summed E-state index contributed by atoms with van der Waals surface area (Å²) in [7, 11) is 0. The first-order chi connectivity index (χ1) is 11.2. The number of nitrogens with two attached hydrogens (primary N) is 1. The minimum atomic E-state index is -0.174. The number of urea groups is 1. The summed E-state index contributed by atoms with van der Waals surface area (Å²) < 4.78 is 0. The molecule has 2 amide bonds. The van der Waals surface area contributed by atoms with E-state index in [4.69, 9.17) is 5.73 Å². The first kappa shape index (κ1) is 19.2. The summed E-state index contributed by atoms with van der Waals surface area (Å²) in [6.07, 6.45) is 9.15. The quantitative estimate of drug-likeness (QED) is 0.422. The van der Waals surface area contributed by atoms with Crippen molar-refractivity contribution in [2.75, 3.05) is 11.9 Å². The van der Waals surface area contributed by atoms with Gasteiger partial charge in [-0.3, -0.25) is 0 Å². The van der Waals surface area contributed by atoms with E-state index >= 15 is 0 Å². The predicted molar refractivity (Wildman–Crippen MR) is 98.7 cm³/mol. The van der Waals surface area contributed by atoms with Crippen molar-refractivity contribution in [1.29, 1.82) is 0 Å². The molecule has 1 rings (SSSR count). The third-order valence-corrected chi connectivity index (χ3v) is 3.82. The average Bonchev–Trinajstić information content (AvgIpc) is 2.54. The van der Waals surface area contributed by atoms with Crippen molar-refractivity contribution in [2.45, 2.75) is 57.9 Å². The second-order valence-electron chi connectivity index (χ2n) is 5.90. The summed E-state index contributed by atoms with van der Waals surface area (Å²) in [4.78, 5) is 12.1. The SMILES string of the molecule is C=CCC(CCCN)NC(=O)Nc1ccc(CCCCC)cc1. The molecule has 0 aliphatic rings. The second kappa shape index (κ2) is 11.7. The number of rotatable bonds is 11. The van der Waals surface area contributed by atoms with Gasteiger partial charge in [-0.05, 0) is 56.3 Å². The standard InChI is InChI=1S/C19H31N3O/c1-3-5-6-9-16-11-13-18(14-12-16)22-19(23)21-17(8-4-2)10-7-15-20/h4,11-14,17H,2-3,5-10,15,20H2,1H3,(H2,21,22,23). The van der Waals surface area contributed by atoms with Gasteiger partial charge in [-0.25, -0.2) is 4.79 Å². The van der Waals surface area contributed by atoms with Gasteiger partial charge in [-0.15, -0.1) is 6.58 Å². The Morgan fingerprint density at radius 3 is 2.61 bits per heavy atom. The Labute approximate surface area is 140 Å². The van der Waals surface area contributed by atoms with Crippen LogP contribution in [0.1, 0.15) is 51.0 Å². The van der Waals surface area contributed by atoms with E-state index < -0.39 is 0 Å². The molecule has 1 aromatic carbocycles. The van der Waals surface area contributed by atoms with Crippen LogP contribution in [0.15, 0.2) is 36.9 Å². The molecule has 1 aromatic rings. The number of amides is 2. The largest absolute Gasteiger partial charge is 0.335 e. The van der Waals surface area contributed by atoms with Gasteiger partial charge in [0.05, 0.1) is 0 Å². The lowest BCUT2D eigenvalue weighted by atomic mass is 10.1. The molecule has 0 aliphatic heterocycles. The van der Waals surface area contributed by atoms with Crippen molar-refractivity contribution in [3.8, 4) is 0 Å². The molecule has 0 radical (unpaired) electrons. The number of benzene rings is 1. The lowest BCUT2D eigenvalue weighted by Crippen LogP contribution is -2.38. The van der Waals surface area contributed by atoms with Gasteiger partial charge in [-0.2, -0.15) is 0 Å². The molecule has 4 N–H and O–H groups in total. The van der Waals surface area contributed by atoms with Gasteiger partial charge in [0.25, 0.3) is 0 Å². The maximum atomic E-state index is 12.1. The van der Waals surface area contributed by atoms with Crippen LogP contribution < -0.4 is 16.4 Å². The van der Waals surface area contributed by atoms with Crippen molar-refractivity contribution >= 4 is 11.7 Å². The van der Waals surface area contributed by atoms with Gasteiger partial charge in [0.1, 0.15) is 0 Å². The highest BCUT2D eigenvalue weighted by atomic mass is 16.2. The number of carbonyl (C=O) groups excluding carboxylic acids is 1. The summed E-state index contributed by atoms with van der Waals surface area (Å²) in [5.41, 5.74) is 7.66. The molecule has 1 unspecified atom stereocenters. The minimum Gasteiger partial charge on any atom is -0.335 e. The summed E-state index contributed by atoms with van der Waals surface area (Å²) in [5, 5.41) is 5.87. The van der Waals surface area contributed by atoms with Crippen LogP contribution in [0.5, 0.6) is 0 Å². The summed E-state index contributed by atoms with van der Waals surface area (Å²) in [6, 6.07) is 8.01. The zero-order valence-electron chi connectivity index (χ0n) is 14.3. The second-order valence-corrected chi connectivity index (χ2v) is 5.90. The van der Waals surface area contributed by atoms with E-state index in [9.17, 15) is 4.79 Å². The molecular weight excluding hydrogens is 286 g/mol. The molecule has 23 heavy (non-hydrogen) atoms. The van der Waals surface area contributed by atoms with Crippen molar-refractivity contribution in [2.24, 2.45) is 5.73 Å². The van der Waals surface area contributed by atoms with E-state index in [1.807, 2.05) is 18.2 Å². The highest BCUT2D eigenvalue weighted by Gasteiger charge is 2.10. The molecule has 0 saturated heterocycles. The number of aryl methyl sites for hydroxylation is 1. The molecule has 4 heteroatoms. The highest BCUT2D eigenvalue weighted by Crippen LogP contribution is 2.12. The van der Waals surface area contributed by atoms with Crippen molar-refractivity contribution in [1.82, 2.24) is 5.32 Å². The third-order valence-electron chi connectivity index (χ3n) is 3.82. The van der Waals surface area contributed by atoms with Crippen molar-refractivity contribution < 1.29 is 4.79 Å². The first-order valence-electron chi connectivity index (χ1n) is 8.67. The fraction of sp³-hybridized carbons (Fsp3) is 0.526. The zero-order chi connectivity index (χ0) is 16.9. The fourth-order valence-electron chi connectivity index (χ4n) is 2.50. The smallest absolute Gasteiger partial charge is 0.319 e. The van der Waals surface area contributed by atoms with Crippen LogP contribution in [-0.2, 0) is 6.42 Å². The van der Waals surface area contributed by atoms with Crippen molar-refractivity contribution in [3.05, 3.63) is 42.5 Å². The number of unbranched alkanes of at least 4 members (excludes halogenated alkanes) is 2. The molecule has 0 bridgehead atoms. The van der Waals surface area contributed by atoms with Crippen LogP contribution in [0.25, 0.3) is 0 Å².